The van der Waals surface area contributed by atoms with Crippen LogP contribution in [0.1, 0.15) is 29.4 Å². The van der Waals surface area contributed by atoms with Gasteiger partial charge in [-0.3, -0.25) is 14.4 Å². The van der Waals surface area contributed by atoms with Gasteiger partial charge in [0, 0.05) is 18.5 Å². The number of amides is 2. The Morgan fingerprint density at radius 2 is 1.58 bits per heavy atom. The molecule has 2 heterocycles. The number of hydrogen-bond donors (Lipinski definition) is 0. The molecule has 0 unspecified atom stereocenters. The zero-order valence-electron chi connectivity index (χ0n) is 12.8. The first-order valence-corrected chi connectivity index (χ1v) is 8.09. The van der Waals surface area contributed by atoms with Crippen molar-refractivity contribution in [2.75, 3.05) is 4.90 Å². The fourth-order valence-corrected chi connectivity index (χ4v) is 4.67. The van der Waals surface area contributed by atoms with E-state index in [0.717, 1.165) is 11.1 Å². The summed E-state index contributed by atoms with van der Waals surface area (Å²) in [4.78, 5) is 43.9. The van der Waals surface area contributed by atoms with E-state index in [-0.39, 0.29) is 23.5 Å². The molecule has 0 spiro atoms. The van der Waals surface area contributed by atoms with E-state index in [9.17, 15) is 14.4 Å². The predicted molar refractivity (Wildman–Crippen MR) is 85.3 cm³/mol. The number of ketones is 1. The summed E-state index contributed by atoms with van der Waals surface area (Å²) in [5.41, 5.74) is 1.97. The summed E-state index contributed by atoms with van der Waals surface area (Å²) in [5.74, 6) is -1.82. The summed E-state index contributed by atoms with van der Waals surface area (Å²) >= 11 is 0. The minimum absolute atomic E-state index is 0.0731. The molecule has 2 aromatic rings. The highest BCUT2D eigenvalue weighted by molar-refractivity contribution is 6.24. The Balaban J connectivity index is 1.68. The topological polar surface area (TPSA) is 67.3 Å². The molecule has 5 heteroatoms. The second kappa shape index (κ2) is 4.60. The number of nitrogens with zero attached hydrogens (tertiary/aromatic N) is 2. The monoisotopic (exact) mass is 318 g/mol. The third-order valence-electron chi connectivity index (χ3n) is 5.57. The van der Waals surface area contributed by atoms with Crippen LogP contribution in [0.5, 0.6) is 0 Å². The highest BCUT2D eigenvalue weighted by atomic mass is 16.2. The third kappa shape index (κ3) is 1.54. The Kier molecular flexibility index (Phi) is 2.61. The molecule has 3 aliphatic carbocycles. The van der Waals surface area contributed by atoms with E-state index in [1.165, 1.54) is 4.90 Å². The van der Waals surface area contributed by atoms with E-state index in [0.29, 0.717) is 12.2 Å². The van der Waals surface area contributed by atoms with Gasteiger partial charge in [-0.05, 0) is 23.3 Å². The highest BCUT2D eigenvalue weighted by Gasteiger charge is 2.62. The smallest absolute Gasteiger partial charge is 0.240 e. The van der Waals surface area contributed by atoms with Gasteiger partial charge in [0.05, 0.1) is 17.8 Å². The molecule has 1 aromatic heterocycles. The van der Waals surface area contributed by atoms with E-state index in [4.69, 9.17) is 0 Å². The van der Waals surface area contributed by atoms with Crippen LogP contribution in [0.25, 0.3) is 0 Å². The van der Waals surface area contributed by atoms with Crippen LogP contribution in [0.15, 0.2) is 48.7 Å². The standard InChI is InChI=1S/C19H14N2O3/c22-13-9-12-10-5-1-2-6-11(10)15(13)17-16(12)18(23)21(19(17)24)14-7-3-4-8-20-14/h1-8,12,15-17H,9H2/t12-,15+,16+,17+/m1/s1. The number of hydrogen-bond acceptors (Lipinski definition) is 4. The van der Waals surface area contributed by atoms with Crippen LogP contribution in [0.3, 0.4) is 0 Å². The summed E-state index contributed by atoms with van der Waals surface area (Å²) < 4.78 is 0. The molecular weight excluding hydrogens is 304 g/mol. The van der Waals surface area contributed by atoms with Crippen molar-refractivity contribution < 1.29 is 14.4 Å². The fourth-order valence-electron chi connectivity index (χ4n) is 4.67. The zero-order chi connectivity index (χ0) is 16.4. The van der Waals surface area contributed by atoms with E-state index in [2.05, 4.69) is 4.98 Å². The maximum Gasteiger partial charge on any atom is 0.240 e. The van der Waals surface area contributed by atoms with Crippen LogP contribution in [0.2, 0.25) is 0 Å². The molecule has 2 fully saturated rings. The van der Waals surface area contributed by atoms with Gasteiger partial charge in [0.2, 0.25) is 11.8 Å². The number of imide groups is 1. The molecule has 2 amide bonds. The summed E-state index contributed by atoms with van der Waals surface area (Å²) in [5, 5.41) is 0. The average molecular weight is 318 g/mol. The largest absolute Gasteiger partial charge is 0.299 e. The molecule has 2 bridgehead atoms. The summed E-state index contributed by atoms with van der Waals surface area (Å²) in [6.07, 6.45) is 1.91. The van der Waals surface area contributed by atoms with Crippen molar-refractivity contribution in [1.82, 2.24) is 4.98 Å². The lowest BCUT2D eigenvalue weighted by Gasteiger charge is -2.43. The van der Waals surface area contributed by atoms with Crippen molar-refractivity contribution in [3.63, 3.8) is 0 Å². The molecule has 1 saturated heterocycles. The third-order valence-corrected chi connectivity index (χ3v) is 5.57. The molecule has 6 rings (SSSR count). The second-order valence-electron chi connectivity index (χ2n) is 6.63. The first kappa shape index (κ1) is 13.6. The van der Waals surface area contributed by atoms with E-state index in [1.54, 1.807) is 24.4 Å². The number of anilines is 1. The van der Waals surface area contributed by atoms with Crippen molar-refractivity contribution in [1.29, 1.82) is 0 Å². The number of rotatable bonds is 1. The average Bonchev–Trinajstić information content (AvgIpc) is 2.88. The number of benzene rings is 1. The van der Waals surface area contributed by atoms with Crippen molar-refractivity contribution in [2.24, 2.45) is 11.8 Å². The minimum atomic E-state index is -0.583. The molecular formula is C19H14N2O3. The van der Waals surface area contributed by atoms with Crippen LogP contribution in [0.4, 0.5) is 5.82 Å². The SMILES string of the molecule is O=C1C[C@@H]2c3ccccc3[C@@H]1[C@@H]1C(=O)N(c3ccccn3)C(=O)[C@H]12. The molecule has 1 aromatic carbocycles. The molecule has 4 aliphatic rings. The lowest BCUT2D eigenvalue weighted by atomic mass is 9.56. The summed E-state index contributed by atoms with van der Waals surface area (Å²) in [6.45, 7) is 0. The van der Waals surface area contributed by atoms with Gasteiger partial charge in [-0.15, -0.1) is 0 Å². The molecule has 0 radical (unpaired) electrons. The molecule has 1 aliphatic heterocycles. The van der Waals surface area contributed by atoms with Crippen LogP contribution >= 0.6 is 0 Å². The number of carbonyl (C=O) groups is 3. The summed E-state index contributed by atoms with van der Waals surface area (Å²) in [6, 6.07) is 12.9. The van der Waals surface area contributed by atoms with Crippen LogP contribution in [0, 0.1) is 11.8 Å². The predicted octanol–water partition coefficient (Wildman–Crippen LogP) is 2.04. The molecule has 1 saturated carbocycles. The van der Waals surface area contributed by atoms with Crippen molar-refractivity contribution in [3.8, 4) is 0 Å². The van der Waals surface area contributed by atoms with Gasteiger partial charge in [-0.2, -0.15) is 0 Å². The Morgan fingerprint density at radius 1 is 0.875 bits per heavy atom. The molecule has 118 valence electrons. The van der Waals surface area contributed by atoms with Crippen molar-refractivity contribution in [2.45, 2.75) is 18.3 Å². The summed E-state index contributed by atoms with van der Waals surface area (Å²) in [7, 11) is 0. The number of Topliss-reactive ketones (excluding diaryl/α,β-unsaturated/α-hetero) is 1. The maximum absolute atomic E-state index is 13.0. The highest BCUT2D eigenvalue weighted by Crippen LogP contribution is 2.57. The molecule has 24 heavy (non-hydrogen) atoms. The van der Waals surface area contributed by atoms with Gasteiger partial charge in [-0.25, -0.2) is 9.88 Å². The van der Waals surface area contributed by atoms with Gasteiger partial charge in [0.25, 0.3) is 0 Å². The van der Waals surface area contributed by atoms with E-state index >= 15 is 0 Å². The van der Waals surface area contributed by atoms with Gasteiger partial charge < -0.3 is 0 Å². The van der Waals surface area contributed by atoms with Crippen LogP contribution in [-0.4, -0.2) is 22.6 Å². The number of carbonyl (C=O) groups excluding carboxylic acids is 3. The first-order chi connectivity index (χ1) is 11.7. The van der Waals surface area contributed by atoms with Crippen molar-refractivity contribution >= 4 is 23.4 Å². The van der Waals surface area contributed by atoms with E-state index < -0.39 is 17.8 Å². The Hall–Kier alpha value is -2.82. The van der Waals surface area contributed by atoms with Gasteiger partial charge in [0.1, 0.15) is 11.6 Å². The van der Waals surface area contributed by atoms with Crippen LogP contribution < -0.4 is 4.90 Å². The number of aromatic nitrogens is 1. The van der Waals surface area contributed by atoms with Gasteiger partial charge in [0.15, 0.2) is 0 Å². The number of pyridine rings is 1. The second-order valence-corrected chi connectivity index (χ2v) is 6.63. The number of fused-ring (bicyclic) bond motifs is 1. The zero-order valence-corrected chi connectivity index (χ0v) is 12.8. The van der Waals surface area contributed by atoms with Crippen molar-refractivity contribution in [3.05, 3.63) is 59.8 Å². The Morgan fingerprint density at radius 3 is 2.33 bits per heavy atom. The molecule has 5 nitrogen and oxygen atoms in total. The fraction of sp³-hybridized carbons (Fsp3) is 0.263. The van der Waals surface area contributed by atoms with E-state index in [1.807, 2.05) is 24.3 Å². The lowest BCUT2D eigenvalue weighted by molar-refractivity contribution is -0.134. The van der Waals surface area contributed by atoms with Crippen LogP contribution in [-0.2, 0) is 14.4 Å². The minimum Gasteiger partial charge on any atom is -0.299 e. The lowest BCUT2D eigenvalue weighted by Crippen LogP contribution is -2.44. The Labute approximate surface area is 138 Å². The van der Waals surface area contributed by atoms with Gasteiger partial charge >= 0.3 is 0 Å². The molecule has 4 atom stereocenters. The quantitative estimate of drug-likeness (QED) is 0.755. The normalized spacial score (nSPS) is 30.5. The first-order valence-electron chi connectivity index (χ1n) is 8.09. The molecule has 0 N–H and O–H groups in total. The maximum atomic E-state index is 13.0. The Bertz CT molecular complexity index is 892. The van der Waals surface area contributed by atoms with Gasteiger partial charge in [-0.1, -0.05) is 30.3 Å².